The molecule has 0 saturated carbocycles. The van der Waals surface area contributed by atoms with E-state index >= 15 is 0 Å². The van der Waals surface area contributed by atoms with Crippen molar-refractivity contribution >= 4 is 39.4 Å². The first-order valence-electron chi connectivity index (χ1n) is 9.63. The number of carbonyl (C=O) groups is 2. The number of carbonyl (C=O) groups excluding carboxylic acids is 2. The van der Waals surface area contributed by atoms with Gasteiger partial charge in [0, 0.05) is 6.61 Å². The molecule has 0 aliphatic carbocycles. The second kappa shape index (κ2) is 10.7. The molecule has 0 aliphatic heterocycles. The highest BCUT2D eigenvalue weighted by Crippen LogP contribution is 2.22. The van der Waals surface area contributed by atoms with E-state index in [9.17, 15) is 9.59 Å². The van der Waals surface area contributed by atoms with Crippen LogP contribution in [0.4, 0.5) is 15.3 Å². The van der Waals surface area contributed by atoms with E-state index < -0.39 is 12.2 Å². The molecule has 1 aromatic heterocycles. The minimum absolute atomic E-state index is 0.183. The van der Waals surface area contributed by atoms with E-state index in [0.29, 0.717) is 25.3 Å². The number of amides is 2. The molecule has 0 saturated heterocycles. The minimum Gasteiger partial charge on any atom is -0.452 e. The Kier molecular flexibility index (Phi) is 7.75. The van der Waals surface area contributed by atoms with Gasteiger partial charge in [-0.1, -0.05) is 30.3 Å². The highest BCUT2D eigenvalue weighted by Gasteiger charge is 2.27. The number of unbranched alkanes of at least 4 members (excludes halogenated alkanes) is 1. The first-order valence-corrected chi connectivity index (χ1v) is 10.4. The molecular formula is C22H24N2O5S. The summed E-state index contributed by atoms with van der Waals surface area (Å²) >= 11 is 1.62. The van der Waals surface area contributed by atoms with Crippen LogP contribution in [0, 0.1) is 6.92 Å². The van der Waals surface area contributed by atoms with Crippen LogP contribution >= 0.6 is 11.3 Å². The highest BCUT2D eigenvalue weighted by atomic mass is 32.1. The Balaban J connectivity index is 1.40. The van der Waals surface area contributed by atoms with Crippen LogP contribution in [0.1, 0.15) is 23.4 Å². The van der Waals surface area contributed by atoms with Gasteiger partial charge < -0.3 is 14.2 Å². The molecule has 2 amide bonds. The number of aromatic nitrogens is 1. The van der Waals surface area contributed by atoms with Crippen molar-refractivity contribution in [2.75, 3.05) is 25.2 Å². The minimum atomic E-state index is -0.784. The summed E-state index contributed by atoms with van der Waals surface area (Å²) < 4.78 is 16.8. The summed E-state index contributed by atoms with van der Waals surface area (Å²) in [5.74, 6) is 0. The molecule has 0 radical (unpaired) electrons. The van der Waals surface area contributed by atoms with Crippen molar-refractivity contribution in [2.45, 2.75) is 26.4 Å². The van der Waals surface area contributed by atoms with Crippen molar-refractivity contribution in [2.24, 2.45) is 0 Å². The predicted octanol–water partition coefficient (Wildman–Crippen LogP) is 5.31. The molecule has 2 aromatic carbocycles. The number of ether oxygens (including phenoxy) is 3. The number of methoxy groups -OCH3 is 1. The first kappa shape index (κ1) is 21.7. The molecule has 0 atom stereocenters. The van der Waals surface area contributed by atoms with Crippen LogP contribution in [0.2, 0.25) is 0 Å². The predicted molar refractivity (Wildman–Crippen MR) is 116 cm³/mol. The number of hydrogen-bond acceptors (Lipinski definition) is 7. The fourth-order valence-corrected chi connectivity index (χ4v) is 3.75. The molecule has 0 aliphatic rings. The number of nitrogens with zero attached hydrogens (tertiary/aromatic N) is 2. The maximum Gasteiger partial charge on any atom is 0.424 e. The summed E-state index contributed by atoms with van der Waals surface area (Å²) in [6.07, 6.45) is -0.199. The normalized spacial score (nSPS) is 10.7. The van der Waals surface area contributed by atoms with Crippen molar-refractivity contribution in [1.82, 2.24) is 4.98 Å². The molecule has 0 N–H and O–H groups in total. The van der Waals surface area contributed by atoms with Crippen molar-refractivity contribution in [3.8, 4) is 0 Å². The van der Waals surface area contributed by atoms with Gasteiger partial charge in [-0.15, -0.1) is 11.3 Å². The highest BCUT2D eigenvalue weighted by molar-refractivity contribution is 7.18. The van der Waals surface area contributed by atoms with E-state index in [1.165, 1.54) is 7.11 Å². The topological polar surface area (TPSA) is 78.0 Å². The second-order valence-corrected chi connectivity index (χ2v) is 7.66. The lowest BCUT2D eigenvalue weighted by atomic mass is 10.2. The van der Waals surface area contributed by atoms with Crippen LogP contribution in [0.25, 0.3) is 10.2 Å². The molecule has 3 rings (SSSR count). The number of para-hydroxylation sites is 2. The van der Waals surface area contributed by atoms with E-state index in [1.54, 1.807) is 36.5 Å². The van der Waals surface area contributed by atoms with E-state index in [4.69, 9.17) is 14.2 Å². The number of fused-ring (bicyclic) bond motifs is 1. The van der Waals surface area contributed by atoms with Crippen LogP contribution in [0.5, 0.6) is 0 Å². The number of hydrogen-bond donors (Lipinski definition) is 0. The molecule has 3 aromatic rings. The maximum atomic E-state index is 12.4. The molecule has 0 bridgehead atoms. The van der Waals surface area contributed by atoms with E-state index in [2.05, 4.69) is 4.98 Å². The lowest BCUT2D eigenvalue weighted by Crippen LogP contribution is -2.38. The Morgan fingerprint density at radius 3 is 2.50 bits per heavy atom. The zero-order valence-electron chi connectivity index (χ0n) is 17.0. The number of aryl methyl sites for hydroxylation is 1. The number of imide groups is 1. The monoisotopic (exact) mass is 428 g/mol. The van der Waals surface area contributed by atoms with Gasteiger partial charge in [0.05, 0.1) is 36.2 Å². The smallest absolute Gasteiger partial charge is 0.424 e. The number of anilines is 1. The second-order valence-electron chi connectivity index (χ2n) is 6.54. The third-order valence-corrected chi connectivity index (χ3v) is 5.38. The summed E-state index contributed by atoms with van der Waals surface area (Å²) in [6, 6.07) is 15.0. The summed E-state index contributed by atoms with van der Waals surface area (Å²) in [4.78, 5) is 29.9. The summed E-state index contributed by atoms with van der Waals surface area (Å²) in [5, 5.41) is 0.939. The van der Waals surface area contributed by atoms with Crippen LogP contribution in [0.3, 0.4) is 0 Å². The summed E-state index contributed by atoms with van der Waals surface area (Å²) in [5.41, 5.74) is 2.19. The van der Waals surface area contributed by atoms with Crippen LogP contribution in [-0.4, -0.2) is 37.5 Å². The lowest BCUT2D eigenvalue weighted by molar-refractivity contribution is 0.107. The molecule has 30 heavy (non-hydrogen) atoms. The summed E-state index contributed by atoms with van der Waals surface area (Å²) in [7, 11) is 1.23. The molecule has 1 heterocycles. The van der Waals surface area contributed by atoms with Gasteiger partial charge in [-0.25, -0.2) is 14.6 Å². The Bertz CT molecular complexity index is 971. The maximum absolute atomic E-state index is 12.4. The quantitative estimate of drug-likeness (QED) is 0.453. The van der Waals surface area contributed by atoms with Gasteiger partial charge in [0.2, 0.25) is 0 Å². The van der Waals surface area contributed by atoms with E-state index in [0.717, 1.165) is 32.1 Å². The van der Waals surface area contributed by atoms with Gasteiger partial charge >= 0.3 is 12.2 Å². The largest absolute Gasteiger partial charge is 0.452 e. The Labute approximate surface area is 179 Å². The van der Waals surface area contributed by atoms with Crippen molar-refractivity contribution < 1.29 is 23.8 Å². The number of rotatable bonds is 8. The van der Waals surface area contributed by atoms with Gasteiger partial charge in [0.1, 0.15) is 5.01 Å². The third kappa shape index (κ3) is 5.55. The SMILES string of the molecule is COC(=O)N(C(=O)OCCCCOCc1nc2ccccc2s1)c1ccccc1C. The Morgan fingerprint density at radius 2 is 1.73 bits per heavy atom. The van der Waals surface area contributed by atoms with Crippen molar-refractivity contribution in [3.05, 3.63) is 59.1 Å². The average molecular weight is 429 g/mol. The molecule has 8 heteroatoms. The van der Waals surface area contributed by atoms with Crippen LogP contribution in [0.15, 0.2) is 48.5 Å². The Hall–Kier alpha value is -2.97. The van der Waals surface area contributed by atoms with Crippen molar-refractivity contribution in [1.29, 1.82) is 0 Å². The third-order valence-electron chi connectivity index (χ3n) is 4.37. The standard InChI is InChI=1S/C22H24N2O5S/c1-16-9-3-5-11-18(16)24(21(25)27-2)22(26)29-14-8-7-13-28-15-20-23-17-10-4-6-12-19(17)30-20/h3-6,9-12H,7-8,13-15H2,1-2H3. The van der Waals surface area contributed by atoms with Crippen LogP contribution < -0.4 is 4.90 Å². The van der Waals surface area contributed by atoms with Gasteiger partial charge in [-0.3, -0.25) is 0 Å². The zero-order valence-corrected chi connectivity index (χ0v) is 17.8. The molecular weight excluding hydrogens is 404 g/mol. The fourth-order valence-electron chi connectivity index (χ4n) is 2.85. The van der Waals surface area contributed by atoms with E-state index in [-0.39, 0.29) is 6.61 Å². The van der Waals surface area contributed by atoms with Gasteiger partial charge in [0.25, 0.3) is 0 Å². The van der Waals surface area contributed by atoms with Gasteiger partial charge in [-0.2, -0.15) is 4.90 Å². The van der Waals surface area contributed by atoms with Gasteiger partial charge in [0.15, 0.2) is 0 Å². The molecule has 0 unspecified atom stereocenters. The Morgan fingerprint density at radius 1 is 1.00 bits per heavy atom. The zero-order chi connectivity index (χ0) is 21.3. The molecule has 158 valence electrons. The van der Waals surface area contributed by atoms with Crippen molar-refractivity contribution in [3.63, 3.8) is 0 Å². The average Bonchev–Trinajstić information content (AvgIpc) is 3.17. The molecule has 0 fully saturated rings. The number of thiazole rings is 1. The van der Waals surface area contributed by atoms with E-state index in [1.807, 2.05) is 30.3 Å². The fraction of sp³-hybridized carbons (Fsp3) is 0.318. The molecule has 7 nitrogen and oxygen atoms in total. The molecule has 0 spiro atoms. The van der Waals surface area contributed by atoms with Crippen LogP contribution in [-0.2, 0) is 20.8 Å². The lowest BCUT2D eigenvalue weighted by Gasteiger charge is -2.20. The number of benzene rings is 2. The van der Waals surface area contributed by atoms with Gasteiger partial charge in [-0.05, 0) is 43.5 Å². The summed E-state index contributed by atoms with van der Waals surface area (Å²) in [6.45, 7) is 2.98. The first-order chi connectivity index (χ1) is 14.6.